The first-order chi connectivity index (χ1) is 17.4. The van der Waals surface area contributed by atoms with E-state index < -0.39 is 12.0 Å². The van der Waals surface area contributed by atoms with Crippen LogP contribution in [0.4, 0.5) is 5.95 Å². The second-order valence-electron chi connectivity index (χ2n) is 8.03. The van der Waals surface area contributed by atoms with Crippen molar-refractivity contribution in [3.05, 3.63) is 87.6 Å². The zero-order chi connectivity index (χ0) is 25.7. The fourth-order valence-electron chi connectivity index (χ4n) is 3.78. The van der Waals surface area contributed by atoms with Gasteiger partial charge in [-0.25, -0.2) is 9.48 Å². The van der Waals surface area contributed by atoms with E-state index in [-0.39, 0.29) is 13.2 Å². The standard InChI is InChI=1S/C26H26Cl2N4O3S/c1-4-12-34-24(33)22-16(3)29-25-30-26(36-13-5-2)31-32(25)23(22)19-8-6-7-9-21(19)35-15-17-10-11-18(27)14-20(17)28/h4,6-11,14,23H,1,5,12-13,15H2,2-3H3,(H,29,30,31). The summed E-state index contributed by atoms with van der Waals surface area (Å²) < 4.78 is 13.4. The maximum Gasteiger partial charge on any atom is 0.338 e. The Morgan fingerprint density at radius 2 is 2.08 bits per heavy atom. The van der Waals surface area contributed by atoms with Crippen LogP contribution in [0.15, 0.2) is 71.5 Å². The number of carbonyl (C=O) groups excluding carboxylic acids is 1. The van der Waals surface area contributed by atoms with Gasteiger partial charge in [0.05, 0.1) is 5.57 Å². The number of benzene rings is 2. The van der Waals surface area contributed by atoms with Crippen molar-refractivity contribution in [3.8, 4) is 5.75 Å². The molecule has 0 fully saturated rings. The van der Waals surface area contributed by atoms with Gasteiger partial charge in [-0.1, -0.05) is 78.8 Å². The van der Waals surface area contributed by atoms with E-state index in [4.69, 9.17) is 37.8 Å². The maximum atomic E-state index is 13.2. The number of aromatic nitrogens is 3. The molecule has 36 heavy (non-hydrogen) atoms. The number of nitrogens with zero attached hydrogens (tertiary/aromatic N) is 3. The average Bonchev–Trinajstić information content (AvgIpc) is 3.27. The number of hydrogen-bond acceptors (Lipinski definition) is 7. The lowest BCUT2D eigenvalue weighted by atomic mass is 9.95. The quantitative estimate of drug-likeness (QED) is 0.173. The first kappa shape index (κ1) is 26.1. The summed E-state index contributed by atoms with van der Waals surface area (Å²) in [6.45, 7) is 7.88. The van der Waals surface area contributed by atoms with Crippen molar-refractivity contribution in [1.82, 2.24) is 14.8 Å². The van der Waals surface area contributed by atoms with Crippen molar-refractivity contribution in [2.24, 2.45) is 0 Å². The molecule has 1 N–H and O–H groups in total. The minimum Gasteiger partial charge on any atom is -0.488 e. The maximum absolute atomic E-state index is 13.2. The van der Waals surface area contributed by atoms with E-state index >= 15 is 0 Å². The van der Waals surface area contributed by atoms with Crippen molar-refractivity contribution >= 4 is 46.9 Å². The van der Waals surface area contributed by atoms with Crippen LogP contribution in [0, 0.1) is 0 Å². The summed E-state index contributed by atoms with van der Waals surface area (Å²) in [6.07, 6.45) is 2.53. The zero-order valence-electron chi connectivity index (χ0n) is 20.0. The molecule has 1 aromatic heterocycles. The SMILES string of the molecule is C=CCOC(=O)C1=C(C)Nc2nc(SCCC)nn2C1c1ccccc1OCc1ccc(Cl)cc1Cl. The van der Waals surface area contributed by atoms with Gasteiger partial charge < -0.3 is 14.8 Å². The number of anilines is 1. The number of thioether (sulfide) groups is 1. The van der Waals surface area contributed by atoms with Crippen molar-refractivity contribution in [3.63, 3.8) is 0 Å². The number of esters is 1. The molecule has 188 valence electrons. The molecule has 1 atom stereocenters. The van der Waals surface area contributed by atoms with Gasteiger partial charge >= 0.3 is 5.97 Å². The minimum absolute atomic E-state index is 0.0946. The Morgan fingerprint density at radius 1 is 1.28 bits per heavy atom. The fourth-order valence-corrected chi connectivity index (χ4v) is 4.93. The number of halogens is 2. The van der Waals surface area contributed by atoms with Crippen LogP contribution < -0.4 is 10.1 Å². The molecule has 1 aliphatic rings. The molecule has 0 saturated carbocycles. The third-order valence-corrected chi connectivity index (χ3v) is 7.06. The minimum atomic E-state index is -0.612. The molecule has 10 heteroatoms. The fraction of sp³-hybridized carbons (Fsp3) is 0.269. The Bertz CT molecular complexity index is 1310. The molecular formula is C26H26Cl2N4O3S. The van der Waals surface area contributed by atoms with Gasteiger partial charge in [-0.05, 0) is 31.5 Å². The van der Waals surface area contributed by atoms with Crippen molar-refractivity contribution in [1.29, 1.82) is 0 Å². The Kier molecular flexibility index (Phi) is 8.61. The second kappa shape index (κ2) is 11.9. The number of para-hydroxylation sites is 1. The number of allylic oxidation sites excluding steroid dienone is 1. The summed E-state index contributed by atoms with van der Waals surface area (Å²) in [4.78, 5) is 17.8. The number of ether oxygens (including phenoxy) is 2. The van der Waals surface area contributed by atoms with Crippen LogP contribution in [0.2, 0.25) is 10.0 Å². The smallest absolute Gasteiger partial charge is 0.338 e. The molecule has 2 heterocycles. The van der Waals surface area contributed by atoms with E-state index in [1.165, 1.54) is 6.08 Å². The largest absolute Gasteiger partial charge is 0.488 e. The Balaban J connectivity index is 1.75. The molecule has 0 saturated heterocycles. The molecule has 0 aliphatic carbocycles. The van der Waals surface area contributed by atoms with E-state index in [9.17, 15) is 4.79 Å². The molecule has 3 aromatic rings. The molecule has 0 amide bonds. The van der Waals surface area contributed by atoms with Gasteiger partial charge in [0.1, 0.15) is 25.0 Å². The molecule has 0 spiro atoms. The number of hydrogen-bond donors (Lipinski definition) is 1. The van der Waals surface area contributed by atoms with Crippen LogP contribution in [0.1, 0.15) is 37.4 Å². The second-order valence-corrected chi connectivity index (χ2v) is 9.93. The molecule has 1 aliphatic heterocycles. The molecule has 1 unspecified atom stereocenters. The van der Waals surface area contributed by atoms with E-state index in [1.54, 1.807) is 28.6 Å². The lowest BCUT2D eigenvalue weighted by Crippen LogP contribution is -2.30. The first-order valence-electron chi connectivity index (χ1n) is 11.4. The Morgan fingerprint density at radius 3 is 2.83 bits per heavy atom. The first-order valence-corrected chi connectivity index (χ1v) is 13.2. The van der Waals surface area contributed by atoms with Gasteiger partial charge in [-0.2, -0.15) is 4.98 Å². The van der Waals surface area contributed by atoms with Crippen LogP contribution in [-0.2, 0) is 16.1 Å². The third-order valence-electron chi connectivity index (χ3n) is 5.43. The normalized spacial score (nSPS) is 14.7. The summed E-state index contributed by atoms with van der Waals surface area (Å²) in [5.41, 5.74) is 2.59. The van der Waals surface area contributed by atoms with Gasteiger partial charge in [-0.3, -0.25) is 0 Å². The van der Waals surface area contributed by atoms with E-state index in [0.29, 0.717) is 38.2 Å². The van der Waals surface area contributed by atoms with E-state index in [2.05, 4.69) is 23.8 Å². The van der Waals surface area contributed by atoms with Crippen LogP contribution in [0.3, 0.4) is 0 Å². The van der Waals surface area contributed by atoms with Gasteiger partial charge in [0.25, 0.3) is 0 Å². The highest BCUT2D eigenvalue weighted by molar-refractivity contribution is 7.99. The van der Waals surface area contributed by atoms with Gasteiger partial charge in [0, 0.05) is 32.6 Å². The topological polar surface area (TPSA) is 78.3 Å². The average molecular weight is 545 g/mol. The number of nitrogens with one attached hydrogen (secondary N) is 1. The monoisotopic (exact) mass is 544 g/mol. The molecule has 2 aromatic carbocycles. The highest BCUT2D eigenvalue weighted by Gasteiger charge is 2.36. The summed E-state index contributed by atoms with van der Waals surface area (Å²) in [6, 6.07) is 12.2. The number of fused-ring (bicyclic) bond motifs is 1. The highest BCUT2D eigenvalue weighted by Crippen LogP contribution is 2.40. The van der Waals surface area contributed by atoms with Crippen molar-refractivity contribution in [2.45, 2.75) is 38.1 Å². The van der Waals surface area contributed by atoms with Crippen LogP contribution >= 0.6 is 35.0 Å². The number of rotatable bonds is 10. The van der Waals surface area contributed by atoms with Crippen molar-refractivity contribution in [2.75, 3.05) is 17.7 Å². The Labute approximate surface area is 224 Å². The predicted octanol–water partition coefficient (Wildman–Crippen LogP) is 6.68. The van der Waals surface area contributed by atoms with Crippen molar-refractivity contribution < 1.29 is 14.3 Å². The lowest BCUT2D eigenvalue weighted by molar-refractivity contribution is -0.138. The number of carbonyl (C=O) groups is 1. The van der Waals surface area contributed by atoms with Gasteiger partial charge in [-0.15, -0.1) is 5.10 Å². The summed E-state index contributed by atoms with van der Waals surface area (Å²) >= 11 is 14.0. The highest BCUT2D eigenvalue weighted by atomic mass is 35.5. The van der Waals surface area contributed by atoms with E-state index in [1.807, 2.05) is 37.3 Å². The predicted molar refractivity (Wildman–Crippen MR) is 144 cm³/mol. The lowest BCUT2D eigenvalue weighted by Gasteiger charge is -2.29. The van der Waals surface area contributed by atoms with Crippen LogP contribution in [-0.4, -0.2) is 33.1 Å². The Hall–Kier alpha value is -2.94. The van der Waals surface area contributed by atoms with Crippen LogP contribution in [0.25, 0.3) is 0 Å². The summed E-state index contributed by atoms with van der Waals surface area (Å²) in [7, 11) is 0. The molecule has 4 rings (SSSR count). The van der Waals surface area contributed by atoms with E-state index in [0.717, 1.165) is 23.3 Å². The third kappa shape index (κ3) is 5.72. The molecular weight excluding hydrogens is 519 g/mol. The zero-order valence-corrected chi connectivity index (χ0v) is 22.3. The van der Waals surface area contributed by atoms with Crippen LogP contribution in [0.5, 0.6) is 5.75 Å². The summed E-state index contributed by atoms with van der Waals surface area (Å²) in [5, 5.41) is 9.64. The molecule has 7 nitrogen and oxygen atoms in total. The summed E-state index contributed by atoms with van der Waals surface area (Å²) in [5.74, 6) is 1.55. The van der Waals surface area contributed by atoms with Gasteiger partial charge in [0.15, 0.2) is 0 Å². The molecule has 0 radical (unpaired) electrons. The van der Waals surface area contributed by atoms with Gasteiger partial charge in [0.2, 0.25) is 11.1 Å². The molecule has 0 bridgehead atoms.